The van der Waals surface area contributed by atoms with E-state index in [9.17, 15) is 0 Å². The zero-order chi connectivity index (χ0) is 26.4. The normalized spacial score (nSPS) is 23.8. The number of anilines is 3. The first-order valence-electron chi connectivity index (χ1n) is 14.9. The van der Waals surface area contributed by atoms with Gasteiger partial charge in [0.1, 0.15) is 5.82 Å². The minimum atomic E-state index is 0.184. The third kappa shape index (κ3) is 4.61. The lowest BCUT2D eigenvalue weighted by Gasteiger charge is -2.46. The van der Waals surface area contributed by atoms with Crippen LogP contribution < -0.4 is 10.2 Å². The molecule has 1 spiro atoms. The van der Waals surface area contributed by atoms with Gasteiger partial charge in [0.25, 0.3) is 0 Å². The molecule has 3 aliphatic heterocycles. The Morgan fingerprint density at radius 2 is 1.79 bits per heavy atom. The number of piperidine rings is 1. The fraction of sp³-hybridized carbons (Fsp3) is 0.581. The molecular weight excluding hydrogens is 486 g/mol. The average molecular weight is 528 g/mol. The van der Waals surface area contributed by atoms with Crippen LogP contribution in [0.4, 0.5) is 17.5 Å². The second-order valence-electron chi connectivity index (χ2n) is 12.1. The molecule has 2 aromatic rings. The Labute approximate surface area is 232 Å². The molecule has 2 saturated heterocycles. The summed E-state index contributed by atoms with van der Waals surface area (Å²) in [6, 6.07) is 4.92. The molecule has 2 aliphatic carbocycles. The molecule has 8 heteroatoms. The number of nitrogens with zero attached hydrogens (tertiary/aromatic N) is 6. The van der Waals surface area contributed by atoms with Crippen LogP contribution in [0.5, 0.6) is 0 Å². The molecule has 8 nitrogen and oxygen atoms in total. The molecule has 0 bridgehead atoms. The first-order chi connectivity index (χ1) is 19.1. The molecule has 2 aromatic heterocycles. The van der Waals surface area contributed by atoms with Gasteiger partial charge in [0.15, 0.2) is 0 Å². The van der Waals surface area contributed by atoms with Crippen molar-refractivity contribution in [2.45, 2.75) is 63.8 Å². The van der Waals surface area contributed by atoms with Gasteiger partial charge in [0.2, 0.25) is 5.95 Å². The highest BCUT2D eigenvalue weighted by Crippen LogP contribution is 2.58. The van der Waals surface area contributed by atoms with E-state index in [0.29, 0.717) is 12.0 Å². The molecule has 5 aliphatic rings. The topological polar surface area (TPSA) is 69.7 Å². The van der Waals surface area contributed by atoms with Crippen molar-refractivity contribution in [3.63, 3.8) is 0 Å². The van der Waals surface area contributed by atoms with Gasteiger partial charge >= 0.3 is 0 Å². The number of aromatic nitrogens is 3. The highest BCUT2D eigenvalue weighted by molar-refractivity contribution is 5.79. The van der Waals surface area contributed by atoms with Crippen molar-refractivity contribution in [1.29, 1.82) is 0 Å². The Bertz CT molecular complexity index is 1250. The molecule has 1 N–H and O–H groups in total. The van der Waals surface area contributed by atoms with Gasteiger partial charge in [-0.05, 0) is 44.2 Å². The van der Waals surface area contributed by atoms with Crippen molar-refractivity contribution in [3.8, 4) is 0 Å². The minimum absolute atomic E-state index is 0.184. The molecule has 0 radical (unpaired) electrons. The highest BCUT2D eigenvalue weighted by atomic mass is 16.5. The van der Waals surface area contributed by atoms with Crippen LogP contribution in [-0.4, -0.2) is 77.2 Å². The molecule has 5 heterocycles. The van der Waals surface area contributed by atoms with Crippen molar-refractivity contribution in [2.24, 2.45) is 5.41 Å². The van der Waals surface area contributed by atoms with Gasteiger partial charge in [0.05, 0.1) is 30.8 Å². The van der Waals surface area contributed by atoms with Crippen LogP contribution in [0.15, 0.2) is 42.5 Å². The molecule has 7 rings (SSSR count). The number of nitrogens with one attached hydrogen (secondary N) is 1. The maximum absolute atomic E-state index is 5.53. The van der Waals surface area contributed by atoms with E-state index in [1.807, 2.05) is 12.4 Å². The molecule has 0 atom stereocenters. The Morgan fingerprint density at radius 3 is 2.54 bits per heavy atom. The second-order valence-corrected chi connectivity index (χ2v) is 12.1. The van der Waals surface area contributed by atoms with Crippen molar-refractivity contribution in [2.75, 3.05) is 56.7 Å². The molecule has 1 saturated carbocycles. The smallest absolute Gasteiger partial charge is 0.228 e. The van der Waals surface area contributed by atoms with Gasteiger partial charge < -0.3 is 19.9 Å². The summed E-state index contributed by atoms with van der Waals surface area (Å²) in [6.07, 6.45) is 14.7. The van der Waals surface area contributed by atoms with Crippen molar-refractivity contribution in [3.05, 3.63) is 53.8 Å². The quantitative estimate of drug-likeness (QED) is 0.597. The van der Waals surface area contributed by atoms with E-state index >= 15 is 0 Å². The van der Waals surface area contributed by atoms with Crippen LogP contribution >= 0.6 is 0 Å². The zero-order valence-corrected chi connectivity index (χ0v) is 23.3. The van der Waals surface area contributed by atoms with Gasteiger partial charge in [-0.1, -0.05) is 25.8 Å². The number of allylic oxidation sites excluding steroid dienone is 3. The fourth-order valence-electron chi connectivity index (χ4n) is 7.70. The lowest BCUT2D eigenvalue weighted by atomic mass is 9.64. The van der Waals surface area contributed by atoms with E-state index in [1.54, 1.807) is 0 Å². The minimum Gasteiger partial charge on any atom is -0.379 e. The summed E-state index contributed by atoms with van der Waals surface area (Å²) in [5.74, 6) is 1.42. The fourth-order valence-corrected chi connectivity index (χ4v) is 7.70. The Hall–Kier alpha value is -2.97. The van der Waals surface area contributed by atoms with Crippen LogP contribution in [0.25, 0.3) is 5.57 Å². The highest BCUT2D eigenvalue weighted by Gasteiger charge is 2.46. The van der Waals surface area contributed by atoms with E-state index in [2.05, 4.69) is 45.8 Å². The summed E-state index contributed by atoms with van der Waals surface area (Å²) >= 11 is 0. The summed E-state index contributed by atoms with van der Waals surface area (Å²) in [7, 11) is 2.17. The monoisotopic (exact) mass is 527 g/mol. The first-order valence-corrected chi connectivity index (χ1v) is 14.9. The summed E-state index contributed by atoms with van der Waals surface area (Å²) < 4.78 is 5.53. The number of ether oxygens (including phenoxy) is 1. The van der Waals surface area contributed by atoms with Gasteiger partial charge in [-0.15, -0.1) is 0 Å². The maximum Gasteiger partial charge on any atom is 0.228 e. The lowest BCUT2D eigenvalue weighted by Crippen LogP contribution is -2.49. The largest absolute Gasteiger partial charge is 0.379 e. The number of morpholine rings is 1. The second kappa shape index (κ2) is 10.2. The zero-order valence-electron chi connectivity index (χ0n) is 23.3. The number of hydrogen-bond donors (Lipinski definition) is 1. The molecule has 0 unspecified atom stereocenters. The van der Waals surface area contributed by atoms with Crippen LogP contribution in [0.3, 0.4) is 0 Å². The number of fused-ring (bicyclic) bond motifs is 3. The number of hydrogen-bond acceptors (Lipinski definition) is 8. The van der Waals surface area contributed by atoms with Crippen LogP contribution in [-0.2, 0) is 11.2 Å². The summed E-state index contributed by atoms with van der Waals surface area (Å²) in [6.45, 7) is 10.5. The molecule has 0 amide bonds. The Kier molecular flexibility index (Phi) is 6.55. The predicted octanol–water partition coefficient (Wildman–Crippen LogP) is 4.98. The van der Waals surface area contributed by atoms with E-state index in [1.165, 1.54) is 73.2 Å². The number of likely N-dealkylation sites (N-methyl/N-ethyl adjacent to an activating group) is 1. The summed E-state index contributed by atoms with van der Waals surface area (Å²) in [5, 5.41) is 3.40. The van der Waals surface area contributed by atoms with Crippen LogP contribution in [0.2, 0.25) is 0 Å². The third-order valence-corrected chi connectivity index (χ3v) is 9.89. The first kappa shape index (κ1) is 25.0. The number of pyridine rings is 1. The Balaban J connectivity index is 1.05. The molecule has 0 aromatic carbocycles. The molecule has 39 heavy (non-hydrogen) atoms. The van der Waals surface area contributed by atoms with Gasteiger partial charge in [-0.2, -0.15) is 0 Å². The van der Waals surface area contributed by atoms with Crippen molar-refractivity contribution < 1.29 is 4.74 Å². The van der Waals surface area contributed by atoms with Gasteiger partial charge in [-0.3, -0.25) is 4.90 Å². The van der Waals surface area contributed by atoms with E-state index in [4.69, 9.17) is 19.7 Å². The summed E-state index contributed by atoms with van der Waals surface area (Å²) in [5.41, 5.74) is 7.84. The molecular formula is C31H41N7O. The van der Waals surface area contributed by atoms with Gasteiger partial charge in [-0.25, -0.2) is 15.0 Å². The maximum atomic E-state index is 5.53. The SMILES string of the molecule is C=C1CC2(CCCCC2)C2=C(Cc3cnc(Nc4ccc(N5CCC(N6CCOCC6)CC5)cn4)nc32)N1C. The Morgan fingerprint density at radius 1 is 1.00 bits per heavy atom. The third-order valence-electron chi connectivity index (χ3n) is 9.89. The van der Waals surface area contributed by atoms with Crippen molar-refractivity contribution in [1.82, 2.24) is 24.8 Å². The average Bonchev–Trinajstić information content (AvgIpc) is 3.38. The lowest BCUT2D eigenvalue weighted by molar-refractivity contribution is 0.0115. The molecule has 206 valence electrons. The van der Waals surface area contributed by atoms with Crippen LogP contribution in [0, 0.1) is 5.41 Å². The van der Waals surface area contributed by atoms with Gasteiger partial charge in [0, 0.05) is 79.8 Å². The predicted molar refractivity (Wildman–Crippen MR) is 155 cm³/mol. The standard InChI is InChI=1S/C31H41N7O/c1-22-19-31(10-4-3-5-11-31)28-26(36(22)2)18-23-20-33-30(35-29(23)28)34-27-7-6-25(21-32-27)37-12-8-24(9-13-37)38-14-16-39-17-15-38/h6-7,20-21,24H,1,3-5,8-19H2,2H3,(H,32,33,34,35). The summed E-state index contributed by atoms with van der Waals surface area (Å²) in [4.78, 5) is 21.9. The van der Waals surface area contributed by atoms with E-state index in [-0.39, 0.29) is 5.41 Å². The number of rotatable bonds is 4. The van der Waals surface area contributed by atoms with E-state index in [0.717, 1.165) is 63.7 Å². The van der Waals surface area contributed by atoms with Crippen LogP contribution in [0.1, 0.15) is 62.6 Å². The van der Waals surface area contributed by atoms with Crippen molar-refractivity contribution >= 4 is 23.0 Å². The van der Waals surface area contributed by atoms with E-state index < -0.39 is 0 Å². The molecule has 3 fully saturated rings.